The molecule has 12 heavy (non-hydrogen) atoms. The van der Waals surface area contributed by atoms with Crippen LogP contribution in [0.1, 0.15) is 20.7 Å². The number of aromatic carboxylic acids is 1. The summed E-state index contributed by atoms with van der Waals surface area (Å²) in [6.07, 6.45) is 0.617. The Balaban J connectivity index is 0.00000121. The van der Waals surface area contributed by atoms with E-state index in [0.717, 1.165) is 0 Å². The molecule has 1 N–H and O–H groups in total. The zero-order valence-electron chi connectivity index (χ0n) is 5.65. The van der Waals surface area contributed by atoms with Crippen molar-refractivity contribution in [2.24, 2.45) is 0 Å². The van der Waals surface area contributed by atoms with Crippen LogP contribution in [-0.2, 0) is 0 Å². The molecule has 0 atom stereocenters. The summed E-state index contributed by atoms with van der Waals surface area (Å²) in [5.74, 6) is -1.02. The summed E-state index contributed by atoms with van der Waals surface area (Å²) in [4.78, 5) is 20.5. The first-order valence-electron chi connectivity index (χ1n) is 3.02. The average Bonchev–Trinajstić information content (AvgIpc) is 2.05. The molecule has 0 unspecified atom stereocenters. The monoisotopic (exact) mass is 174 g/mol. The molecule has 0 amide bonds. The number of carbonyl (C=O) groups excluding carboxylic acids is 1. The van der Waals surface area contributed by atoms with Crippen LogP contribution in [0.15, 0.2) is 24.3 Å². The third-order valence-electron chi connectivity index (χ3n) is 1.27. The van der Waals surface area contributed by atoms with Gasteiger partial charge in [0.05, 0.1) is 5.56 Å². The molecule has 0 aliphatic carbocycles. The van der Waals surface area contributed by atoms with Gasteiger partial charge in [0.25, 0.3) is 0 Å². The number of benzene rings is 1. The van der Waals surface area contributed by atoms with Gasteiger partial charge < -0.3 is 5.11 Å². The molecule has 0 bridgehead atoms. The fourth-order valence-corrected chi connectivity index (χ4v) is 0.745. The van der Waals surface area contributed by atoms with E-state index in [4.69, 9.17) is 5.11 Å². The van der Waals surface area contributed by atoms with E-state index in [1.807, 2.05) is 0 Å². The van der Waals surface area contributed by atoms with E-state index in [1.165, 1.54) is 18.2 Å². The van der Waals surface area contributed by atoms with Crippen LogP contribution in [0.4, 0.5) is 0 Å². The van der Waals surface area contributed by atoms with Gasteiger partial charge in [-0.2, -0.15) is 0 Å². The van der Waals surface area contributed by atoms with Crippen molar-refractivity contribution in [1.29, 1.82) is 0 Å². The molecule has 0 aromatic heterocycles. The molecule has 0 saturated carbocycles. The van der Waals surface area contributed by atoms with Crippen molar-refractivity contribution in [3.05, 3.63) is 35.4 Å². The number of carboxylic acids is 1. The van der Waals surface area contributed by atoms with Gasteiger partial charge in [-0.3, -0.25) is 4.79 Å². The van der Waals surface area contributed by atoms with Crippen LogP contribution >= 0.6 is 0 Å². The molecule has 0 fully saturated rings. The second-order valence-corrected chi connectivity index (χ2v) is 2.05. The van der Waals surface area contributed by atoms with Gasteiger partial charge in [0, 0.05) is 5.56 Å². The van der Waals surface area contributed by atoms with Crippen LogP contribution < -0.4 is 0 Å². The zero-order valence-corrected chi connectivity index (χ0v) is 5.65. The first-order valence-corrected chi connectivity index (χ1v) is 3.02. The Bertz CT molecular complexity index is 296. The number of rotatable bonds is 2. The van der Waals surface area contributed by atoms with Crippen molar-refractivity contribution in [3.63, 3.8) is 0 Å². The van der Waals surface area contributed by atoms with Crippen LogP contribution in [-0.4, -0.2) is 46.9 Å². The number of hydrogen-bond donors (Lipinski definition) is 1. The molecule has 1 rings (SSSR count). The molecule has 0 aliphatic rings. The molecule has 58 valence electrons. The molecule has 1 aromatic carbocycles. The van der Waals surface area contributed by atoms with E-state index >= 15 is 0 Å². The Labute approximate surface area is 91.7 Å². The SMILES string of the molecule is O=Cc1cccc(C(=O)O)c1.[NaH]. The van der Waals surface area contributed by atoms with Gasteiger partial charge >= 0.3 is 35.5 Å². The standard InChI is InChI=1S/C8H6O3.Na.H/c9-5-6-2-1-3-7(4-6)8(10)11;;/h1-5H,(H,10,11);;. The molecule has 0 radical (unpaired) electrons. The van der Waals surface area contributed by atoms with Crippen LogP contribution in [0.5, 0.6) is 0 Å². The summed E-state index contributed by atoms with van der Waals surface area (Å²) in [6.45, 7) is 0. The molecule has 1 aromatic rings. The third-order valence-corrected chi connectivity index (χ3v) is 1.27. The van der Waals surface area contributed by atoms with Gasteiger partial charge in [0.15, 0.2) is 0 Å². The van der Waals surface area contributed by atoms with Gasteiger partial charge in [-0.15, -0.1) is 0 Å². The molecule has 3 nitrogen and oxygen atoms in total. The van der Waals surface area contributed by atoms with E-state index in [1.54, 1.807) is 6.07 Å². The molecule has 0 spiro atoms. The van der Waals surface area contributed by atoms with Crippen LogP contribution in [0.3, 0.4) is 0 Å². The Morgan fingerprint density at radius 3 is 2.58 bits per heavy atom. The van der Waals surface area contributed by atoms with Crippen molar-refractivity contribution in [1.82, 2.24) is 0 Å². The van der Waals surface area contributed by atoms with Crippen molar-refractivity contribution in [2.75, 3.05) is 0 Å². The van der Waals surface area contributed by atoms with Crippen LogP contribution in [0.25, 0.3) is 0 Å². The Morgan fingerprint density at radius 2 is 2.08 bits per heavy atom. The summed E-state index contributed by atoms with van der Waals surface area (Å²) in [5.41, 5.74) is 0.513. The third kappa shape index (κ3) is 2.77. The number of aldehydes is 1. The predicted octanol–water partition coefficient (Wildman–Crippen LogP) is 0.549. The maximum absolute atomic E-state index is 10.4. The van der Waals surface area contributed by atoms with E-state index in [9.17, 15) is 9.59 Å². The number of carboxylic acid groups (broad SMARTS) is 1. The van der Waals surface area contributed by atoms with Crippen LogP contribution in [0, 0.1) is 0 Å². The first-order chi connectivity index (χ1) is 5.24. The average molecular weight is 174 g/mol. The van der Waals surface area contributed by atoms with Gasteiger partial charge in [0.1, 0.15) is 6.29 Å². The van der Waals surface area contributed by atoms with Crippen molar-refractivity contribution in [3.8, 4) is 0 Å². The van der Waals surface area contributed by atoms with Crippen molar-refractivity contribution < 1.29 is 14.7 Å². The van der Waals surface area contributed by atoms with Gasteiger partial charge in [0.2, 0.25) is 0 Å². The summed E-state index contributed by atoms with van der Waals surface area (Å²) >= 11 is 0. The summed E-state index contributed by atoms with van der Waals surface area (Å²) in [6, 6.07) is 5.86. The summed E-state index contributed by atoms with van der Waals surface area (Å²) < 4.78 is 0. The normalized spacial score (nSPS) is 8.33. The molecule has 0 saturated heterocycles. The maximum atomic E-state index is 10.4. The van der Waals surface area contributed by atoms with E-state index in [2.05, 4.69) is 0 Å². The molecular weight excluding hydrogens is 167 g/mol. The molecule has 0 heterocycles. The second-order valence-electron chi connectivity index (χ2n) is 2.05. The Morgan fingerprint density at radius 1 is 1.42 bits per heavy atom. The second kappa shape index (κ2) is 5.09. The topological polar surface area (TPSA) is 54.4 Å². The van der Waals surface area contributed by atoms with Gasteiger partial charge in [-0.25, -0.2) is 4.79 Å². The van der Waals surface area contributed by atoms with Gasteiger partial charge in [-0.1, -0.05) is 12.1 Å². The van der Waals surface area contributed by atoms with E-state index in [0.29, 0.717) is 11.8 Å². The van der Waals surface area contributed by atoms with Crippen molar-refractivity contribution in [2.45, 2.75) is 0 Å². The fourth-order valence-electron chi connectivity index (χ4n) is 0.745. The predicted molar refractivity (Wildman–Crippen MR) is 45.9 cm³/mol. The van der Waals surface area contributed by atoms with E-state index in [-0.39, 0.29) is 35.1 Å². The first kappa shape index (κ1) is 11.4. The summed E-state index contributed by atoms with van der Waals surface area (Å²) in [7, 11) is 0. The van der Waals surface area contributed by atoms with E-state index < -0.39 is 5.97 Å². The van der Waals surface area contributed by atoms with Crippen molar-refractivity contribution >= 4 is 41.8 Å². The minimum atomic E-state index is -1.02. The molecule has 4 heteroatoms. The number of hydrogen-bond acceptors (Lipinski definition) is 2. The molecule has 0 aliphatic heterocycles. The number of carbonyl (C=O) groups is 2. The Kier molecular flexibility index (Phi) is 4.81. The van der Waals surface area contributed by atoms with Gasteiger partial charge in [-0.05, 0) is 12.1 Å². The summed E-state index contributed by atoms with van der Waals surface area (Å²) in [5, 5.41) is 8.49. The molecular formula is C8H7NaO3. The quantitative estimate of drug-likeness (QED) is 0.526. The fraction of sp³-hybridized carbons (Fsp3) is 0. The van der Waals surface area contributed by atoms with Crippen LogP contribution in [0.2, 0.25) is 0 Å². The minimum absolute atomic E-state index is 0. The zero-order chi connectivity index (χ0) is 8.27. The Hall–Kier alpha value is -0.640.